The smallest absolute Gasteiger partial charge is 0.335 e. The van der Waals surface area contributed by atoms with Crippen LogP contribution in [0.15, 0.2) is 48.5 Å². The van der Waals surface area contributed by atoms with Crippen molar-refractivity contribution in [1.82, 2.24) is 9.78 Å². The summed E-state index contributed by atoms with van der Waals surface area (Å²) >= 11 is 5.90. The van der Waals surface area contributed by atoms with E-state index in [1.807, 2.05) is 29.6 Å². The zero-order chi connectivity index (χ0) is 22.5. The van der Waals surface area contributed by atoms with Gasteiger partial charge in [0.2, 0.25) is 0 Å². The largest absolute Gasteiger partial charge is 0.478 e. The van der Waals surface area contributed by atoms with Crippen LogP contribution in [0.4, 0.5) is 11.4 Å². The first kappa shape index (κ1) is 22.4. The van der Waals surface area contributed by atoms with Gasteiger partial charge in [0.05, 0.1) is 34.9 Å². The van der Waals surface area contributed by atoms with E-state index in [1.54, 1.807) is 30.3 Å². The molecule has 2 aromatic carbocycles. The molecule has 3 rings (SSSR count). The number of hydrogen-bond donors (Lipinski definition) is 2. The number of rotatable bonds is 8. The zero-order valence-corrected chi connectivity index (χ0v) is 18.5. The average molecular weight is 441 g/mol. The van der Waals surface area contributed by atoms with E-state index in [0.29, 0.717) is 28.5 Å². The number of nitrogens with zero attached hydrogens (tertiary/aromatic N) is 3. The fourth-order valence-electron chi connectivity index (χ4n) is 3.36. The number of anilines is 2. The van der Waals surface area contributed by atoms with E-state index in [-0.39, 0.29) is 11.5 Å². The third kappa shape index (κ3) is 5.44. The van der Waals surface area contributed by atoms with Crippen molar-refractivity contribution in [2.45, 2.75) is 33.4 Å². The van der Waals surface area contributed by atoms with Gasteiger partial charge in [0.25, 0.3) is 5.91 Å². The Bertz CT molecular complexity index is 1090. The van der Waals surface area contributed by atoms with Crippen molar-refractivity contribution in [1.29, 1.82) is 0 Å². The maximum atomic E-state index is 12.7. The minimum Gasteiger partial charge on any atom is -0.478 e. The summed E-state index contributed by atoms with van der Waals surface area (Å²) in [6, 6.07) is 13.2. The summed E-state index contributed by atoms with van der Waals surface area (Å²) in [5.41, 5.74) is 3.62. The van der Waals surface area contributed by atoms with Crippen molar-refractivity contribution in [3.63, 3.8) is 0 Å². The topological polar surface area (TPSA) is 87.5 Å². The van der Waals surface area contributed by atoms with Crippen LogP contribution in [0.5, 0.6) is 0 Å². The molecule has 0 radical (unpaired) electrons. The van der Waals surface area contributed by atoms with E-state index in [1.165, 1.54) is 12.1 Å². The van der Waals surface area contributed by atoms with Crippen LogP contribution < -0.4 is 10.2 Å². The molecule has 0 aliphatic heterocycles. The predicted molar refractivity (Wildman–Crippen MR) is 122 cm³/mol. The molecule has 0 spiro atoms. The molecule has 0 saturated carbocycles. The third-order valence-corrected chi connectivity index (χ3v) is 5.08. The second kappa shape index (κ2) is 9.66. The van der Waals surface area contributed by atoms with Crippen LogP contribution in [0.25, 0.3) is 0 Å². The third-order valence-electron chi connectivity index (χ3n) is 4.83. The number of aromatic carboxylic acids is 1. The Morgan fingerprint density at radius 2 is 1.81 bits per heavy atom. The molecule has 0 atom stereocenters. The maximum absolute atomic E-state index is 12.7. The number of carboxylic acid groups (broad SMARTS) is 1. The Kier molecular flexibility index (Phi) is 6.97. The minimum atomic E-state index is -1.06. The van der Waals surface area contributed by atoms with Gasteiger partial charge in [0.1, 0.15) is 0 Å². The molecule has 0 bridgehead atoms. The number of aromatic nitrogens is 2. The summed E-state index contributed by atoms with van der Waals surface area (Å²) in [6.45, 7) is 5.42. The predicted octanol–water partition coefficient (Wildman–Crippen LogP) is 4.84. The number of hydrogen-bond acceptors (Lipinski definition) is 4. The first-order valence-electron chi connectivity index (χ1n) is 9.97. The van der Waals surface area contributed by atoms with Crippen molar-refractivity contribution in [3.05, 3.63) is 76.1 Å². The summed E-state index contributed by atoms with van der Waals surface area (Å²) < 4.78 is 1.98. The van der Waals surface area contributed by atoms with Crippen LogP contribution in [-0.2, 0) is 13.1 Å². The summed E-state index contributed by atoms with van der Waals surface area (Å²) in [6.07, 6.45) is 0.966. The highest BCUT2D eigenvalue weighted by molar-refractivity contribution is 6.30. The SMILES string of the molecule is CCCn1nc(C)cc1CN(C)c1ccc(C(=O)O)cc1NC(=O)c1ccc(Cl)cc1. The van der Waals surface area contributed by atoms with Crippen LogP contribution in [0.2, 0.25) is 5.02 Å². The van der Waals surface area contributed by atoms with E-state index in [4.69, 9.17) is 11.6 Å². The monoisotopic (exact) mass is 440 g/mol. The van der Waals surface area contributed by atoms with Crippen molar-refractivity contribution in [2.75, 3.05) is 17.3 Å². The van der Waals surface area contributed by atoms with E-state index in [0.717, 1.165) is 24.4 Å². The van der Waals surface area contributed by atoms with Gasteiger partial charge >= 0.3 is 5.97 Å². The molecule has 2 N–H and O–H groups in total. The highest BCUT2D eigenvalue weighted by Crippen LogP contribution is 2.29. The molecule has 7 nitrogen and oxygen atoms in total. The van der Waals surface area contributed by atoms with Gasteiger partial charge in [-0.2, -0.15) is 5.10 Å². The van der Waals surface area contributed by atoms with Gasteiger partial charge in [-0.05, 0) is 61.9 Å². The average Bonchev–Trinajstić information content (AvgIpc) is 3.07. The van der Waals surface area contributed by atoms with E-state index >= 15 is 0 Å². The fraction of sp³-hybridized carbons (Fsp3) is 0.261. The molecule has 0 saturated heterocycles. The quantitative estimate of drug-likeness (QED) is 0.523. The lowest BCUT2D eigenvalue weighted by Gasteiger charge is -2.23. The number of carbonyl (C=O) groups excluding carboxylic acids is 1. The van der Waals surface area contributed by atoms with Gasteiger partial charge in [-0.15, -0.1) is 0 Å². The Hall–Kier alpha value is -3.32. The minimum absolute atomic E-state index is 0.0930. The summed E-state index contributed by atoms with van der Waals surface area (Å²) in [5, 5.41) is 17.3. The molecule has 0 unspecified atom stereocenters. The first-order chi connectivity index (χ1) is 14.8. The van der Waals surface area contributed by atoms with Crippen molar-refractivity contribution >= 4 is 34.9 Å². The number of halogens is 1. The van der Waals surface area contributed by atoms with Crippen LogP contribution >= 0.6 is 11.6 Å². The van der Waals surface area contributed by atoms with Crippen molar-refractivity contribution < 1.29 is 14.7 Å². The highest BCUT2D eigenvalue weighted by Gasteiger charge is 2.17. The molecule has 3 aromatic rings. The van der Waals surface area contributed by atoms with Gasteiger partial charge in [0, 0.05) is 24.2 Å². The highest BCUT2D eigenvalue weighted by atomic mass is 35.5. The number of amides is 1. The lowest BCUT2D eigenvalue weighted by Crippen LogP contribution is -2.22. The second-order valence-electron chi connectivity index (χ2n) is 7.35. The standard InChI is InChI=1S/C23H25ClN4O3/c1-4-11-28-19(12-15(2)26-28)14-27(3)21-10-7-17(23(30)31)13-20(21)25-22(29)16-5-8-18(24)9-6-16/h5-10,12-13H,4,11,14H2,1-3H3,(H,25,29)(H,30,31). The molecule has 162 valence electrons. The van der Waals surface area contributed by atoms with Crippen LogP contribution in [0.3, 0.4) is 0 Å². The Morgan fingerprint density at radius 3 is 2.45 bits per heavy atom. The molecule has 0 fully saturated rings. The lowest BCUT2D eigenvalue weighted by atomic mass is 10.1. The molecule has 1 aromatic heterocycles. The molecule has 8 heteroatoms. The molecule has 31 heavy (non-hydrogen) atoms. The number of carbonyl (C=O) groups is 2. The Balaban J connectivity index is 1.91. The number of aryl methyl sites for hydroxylation is 2. The van der Waals surface area contributed by atoms with Gasteiger partial charge in [-0.1, -0.05) is 18.5 Å². The molecular formula is C23H25ClN4O3. The zero-order valence-electron chi connectivity index (χ0n) is 17.7. The molecule has 1 heterocycles. The first-order valence-corrected chi connectivity index (χ1v) is 10.3. The Morgan fingerprint density at radius 1 is 1.13 bits per heavy atom. The summed E-state index contributed by atoms with van der Waals surface area (Å²) in [4.78, 5) is 26.2. The van der Waals surface area contributed by atoms with E-state index in [9.17, 15) is 14.7 Å². The fourth-order valence-corrected chi connectivity index (χ4v) is 3.48. The maximum Gasteiger partial charge on any atom is 0.335 e. The second-order valence-corrected chi connectivity index (χ2v) is 7.79. The summed E-state index contributed by atoms with van der Waals surface area (Å²) in [5.74, 6) is -1.41. The molecule has 0 aliphatic carbocycles. The lowest BCUT2D eigenvalue weighted by molar-refractivity contribution is 0.0696. The van der Waals surface area contributed by atoms with Gasteiger partial charge < -0.3 is 15.3 Å². The van der Waals surface area contributed by atoms with Crippen LogP contribution in [0.1, 0.15) is 45.4 Å². The van der Waals surface area contributed by atoms with Crippen molar-refractivity contribution in [2.24, 2.45) is 0 Å². The van der Waals surface area contributed by atoms with Crippen LogP contribution in [-0.4, -0.2) is 33.8 Å². The van der Waals surface area contributed by atoms with Crippen LogP contribution in [0, 0.1) is 6.92 Å². The Labute approximate surface area is 186 Å². The van der Waals surface area contributed by atoms with E-state index < -0.39 is 5.97 Å². The van der Waals surface area contributed by atoms with E-state index in [2.05, 4.69) is 17.3 Å². The molecule has 1 amide bonds. The number of carboxylic acids is 1. The van der Waals surface area contributed by atoms with Gasteiger partial charge in [0.15, 0.2) is 0 Å². The normalized spacial score (nSPS) is 10.7. The molecule has 0 aliphatic rings. The number of benzene rings is 2. The summed E-state index contributed by atoms with van der Waals surface area (Å²) in [7, 11) is 1.90. The van der Waals surface area contributed by atoms with Gasteiger partial charge in [-0.3, -0.25) is 9.48 Å². The molecular weight excluding hydrogens is 416 g/mol. The number of nitrogens with one attached hydrogen (secondary N) is 1. The van der Waals surface area contributed by atoms with Crippen molar-refractivity contribution in [3.8, 4) is 0 Å². The van der Waals surface area contributed by atoms with Gasteiger partial charge in [-0.25, -0.2) is 4.79 Å².